The Hall–Kier alpha value is 0.210. The van der Waals surface area contributed by atoms with E-state index in [4.69, 9.17) is 5.11 Å². The van der Waals surface area contributed by atoms with Crippen molar-refractivity contribution in [1.29, 1.82) is 0 Å². The first kappa shape index (κ1) is 8.21. The maximum absolute atomic E-state index is 8.84. The zero-order valence-corrected chi connectivity index (χ0v) is 5.74. The third kappa shape index (κ3) is 1.99. The Labute approximate surface area is 55.7 Å². The highest BCUT2D eigenvalue weighted by Gasteiger charge is 2.16. The molecule has 1 saturated heterocycles. The average molecular weight is 138 g/mol. The first-order chi connectivity index (χ1) is 3.29. The second-order valence-corrected chi connectivity index (χ2v) is 2.20. The van der Waals surface area contributed by atoms with Gasteiger partial charge in [0, 0.05) is 12.6 Å². The summed E-state index contributed by atoms with van der Waals surface area (Å²) < 4.78 is 0. The fourth-order valence-corrected chi connectivity index (χ4v) is 0.912. The Morgan fingerprint density at radius 2 is 2.25 bits per heavy atom. The van der Waals surface area contributed by atoms with Crippen LogP contribution in [0.3, 0.4) is 0 Å². The predicted octanol–water partition coefficient (Wildman–Crippen LogP) is 0.151. The van der Waals surface area contributed by atoms with Crippen molar-refractivity contribution in [2.24, 2.45) is 0 Å². The Bertz CT molecular complexity index is 61.4. The number of rotatable bonds is 0. The fraction of sp³-hybridized carbons (Fsp3) is 1.00. The summed E-state index contributed by atoms with van der Waals surface area (Å²) in [6, 6.07) is 0.523. The Balaban J connectivity index is 0.000000490. The summed E-state index contributed by atoms with van der Waals surface area (Å²) in [4.78, 5) is 0. The highest BCUT2D eigenvalue weighted by molar-refractivity contribution is 5.85. The van der Waals surface area contributed by atoms with Crippen molar-refractivity contribution in [3.8, 4) is 0 Å². The van der Waals surface area contributed by atoms with Crippen molar-refractivity contribution >= 4 is 12.4 Å². The monoisotopic (exact) mass is 137 g/mol. The van der Waals surface area contributed by atoms with Crippen molar-refractivity contribution in [1.82, 2.24) is 5.32 Å². The largest absolute Gasteiger partial charge is 0.392 e. The van der Waals surface area contributed by atoms with Crippen molar-refractivity contribution in [3.63, 3.8) is 0 Å². The van der Waals surface area contributed by atoms with Crippen LogP contribution < -0.4 is 5.32 Å². The molecule has 3 heteroatoms. The number of hydrogen-bond donors (Lipinski definition) is 2. The molecule has 0 bridgehead atoms. The molecule has 0 aliphatic carbocycles. The summed E-state index contributed by atoms with van der Waals surface area (Å²) in [5, 5.41) is 12.0. The maximum Gasteiger partial charge on any atom is 0.0679 e. The molecule has 0 aromatic rings. The van der Waals surface area contributed by atoms with Crippen molar-refractivity contribution in [2.45, 2.75) is 25.5 Å². The van der Waals surface area contributed by atoms with Gasteiger partial charge in [-0.05, 0) is 13.3 Å². The summed E-state index contributed by atoms with van der Waals surface area (Å²) in [5.41, 5.74) is 0. The predicted molar refractivity (Wildman–Crippen MR) is 35.3 cm³/mol. The average Bonchev–Trinajstić information content (AvgIpc) is 1.87. The van der Waals surface area contributed by atoms with Crippen molar-refractivity contribution in [3.05, 3.63) is 0 Å². The molecule has 0 aromatic heterocycles. The topological polar surface area (TPSA) is 32.3 Å². The van der Waals surface area contributed by atoms with Gasteiger partial charge < -0.3 is 10.4 Å². The van der Waals surface area contributed by atoms with Gasteiger partial charge >= 0.3 is 0 Å². The second-order valence-electron chi connectivity index (χ2n) is 2.20. The van der Waals surface area contributed by atoms with E-state index in [2.05, 4.69) is 12.2 Å². The molecule has 2 nitrogen and oxygen atoms in total. The molecule has 1 fully saturated rings. The number of aliphatic hydroxyl groups is 1. The van der Waals surface area contributed by atoms with Gasteiger partial charge in [0.15, 0.2) is 0 Å². The number of aliphatic hydroxyl groups excluding tert-OH is 1. The lowest BCUT2D eigenvalue weighted by Gasteiger charge is -1.95. The minimum Gasteiger partial charge on any atom is -0.392 e. The summed E-state index contributed by atoms with van der Waals surface area (Å²) >= 11 is 0. The smallest absolute Gasteiger partial charge is 0.0679 e. The Morgan fingerprint density at radius 3 is 2.38 bits per heavy atom. The van der Waals surface area contributed by atoms with Crippen LogP contribution in [0.1, 0.15) is 13.3 Å². The first-order valence-electron chi connectivity index (χ1n) is 2.70. The molecule has 0 unspecified atom stereocenters. The van der Waals surface area contributed by atoms with Gasteiger partial charge in [-0.3, -0.25) is 0 Å². The van der Waals surface area contributed by atoms with E-state index in [9.17, 15) is 0 Å². The lowest BCUT2D eigenvalue weighted by Crippen LogP contribution is -2.17. The minimum absolute atomic E-state index is 0. The molecule has 1 rings (SSSR count). The van der Waals surface area contributed by atoms with Gasteiger partial charge in [0.1, 0.15) is 0 Å². The molecule has 2 atom stereocenters. The number of nitrogens with one attached hydrogen (secondary N) is 1. The summed E-state index contributed by atoms with van der Waals surface area (Å²) in [7, 11) is 0. The number of β-amino-alcohol motifs (C(OH)–C–C–N with tert-alkyl or cyclic N) is 1. The molecule has 2 N–H and O–H groups in total. The molecule has 1 heterocycles. The molecule has 0 aromatic carbocycles. The number of hydrogen-bond acceptors (Lipinski definition) is 2. The van der Waals surface area contributed by atoms with Gasteiger partial charge in [-0.15, -0.1) is 12.4 Å². The molecule has 8 heavy (non-hydrogen) atoms. The van der Waals surface area contributed by atoms with Crippen LogP contribution in [0.4, 0.5) is 0 Å². The van der Waals surface area contributed by atoms with E-state index in [-0.39, 0.29) is 18.5 Å². The van der Waals surface area contributed by atoms with Crippen LogP contribution in [0.25, 0.3) is 0 Å². The zero-order valence-electron chi connectivity index (χ0n) is 4.92. The van der Waals surface area contributed by atoms with Crippen LogP contribution in [0, 0.1) is 0 Å². The standard InChI is InChI=1S/C5H11NO.ClH/c1-4-2-5(7)3-6-4;/h4-7H,2-3H2,1H3;1H/t4-,5-;/m1./s1. The molecule has 1 aliphatic rings. The molecule has 1 aliphatic heterocycles. The van der Waals surface area contributed by atoms with E-state index in [1.807, 2.05) is 0 Å². The van der Waals surface area contributed by atoms with Crippen LogP contribution in [0.5, 0.6) is 0 Å². The number of halogens is 1. The molecule has 50 valence electrons. The quantitative estimate of drug-likeness (QED) is 0.498. The summed E-state index contributed by atoms with van der Waals surface area (Å²) in [6.45, 7) is 2.86. The van der Waals surface area contributed by atoms with E-state index in [1.165, 1.54) is 0 Å². The van der Waals surface area contributed by atoms with E-state index in [1.54, 1.807) is 0 Å². The van der Waals surface area contributed by atoms with Crippen LogP contribution >= 0.6 is 12.4 Å². The normalized spacial score (nSPS) is 36.8. The van der Waals surface area contributed by atoms with Gasteiger partial charge in [0.2, 0.25) is 0 Å². The highest BCUT2D eigenvalue weighted by atomic mass is 35.5. The van der Waals surface area contributed by atoms with Gasteiger partial charge in [0.25, 0.3) is 0 Å². The lowest BCUT2D eigenvalue weighted by molar-refractivity contribution is 0.194. The maximum atomic E-state index is 8.84. The van der Waals surface area contributed by atoms with Crippen LogP contribution in [0.2, 0.25) is 0 Å². The summed E-state index contributed by atoms with van der Waals surface area (Å²) in [5.74, 6) is 0. The highest BCUT2D eigenvalue weighted by Crippen LogP contribution is 2.03. The van der Waals surface area contributed by atoms with Gasteiger partial charge in [-0.1, -0.05) is 0 Å². The van der Waals surface area contributed by atoms with Crippen LogP contribution in [0.15, 0.2) is 0 Å². The zero-order chi connectivity index (χ0) is 5.28. The van der Waals surface area contributed by atoms with E-state index in [0.29, 0.717) is 6.04 Å². The van der Waals surface area contributed by atoms with Gasteiger partial charge in [-0.25, -0.2) is 0 Å². The van der Waals surface area contributed by atoms with Crippen LogP contribution in [-0.2, 0) is 0 Å². The van der Waals surface area contributed by atoms with Crippen molar-refractivity contribution < 1.29 is 5.11 Å². The third-order valence-corrected chi connectivity index (χ3v) is 1.33. The molecule has 0 amide bonds. The first-order valence-corrected chi connectivity index (χ1v) is 2.70. The van der Waals surface area contributed by atoms with E-state index >= 15 is 0 Å². The molecule has 0 saturated carbocycles. The Kier molecular flexibility index (Phi) is 3.36. The fourth-order valence-electron chi connectivity index (χ4n) is 0.912. The Morgan fingerprint density at radius 1 is 1.62 bits per heavy atom. The van der Waals surface area contributed by atoms with E-state index < -0.39 is 0 Å². The van der Waals surface area contributed by atoms with Crippen molar-refractivity contribution in [2.75, 3.05) is 6.54 Å². The van der Waals surface area contributed by atoms with Gasteiger partial charge in [0.05, 0.1) is 6.10 Å². The molecule has 0 spiro atoms. The second kappa shape index (κ2) is 3.28. The minimum atomic E-state index is -0.0880. The SMILES string of the molecule is C[C@@H]1C[C@@H](O)CN1.Cl. The van der Waals surface area contributed by atoms with E-state index in [0.717, 1.165) is 13.0 Å². The summed E-state index contributed by atoms with van der Waals surface area (Å²) in [6.07, 6.45) is 0.829. The molecular weight excluding hydrogens is 126 g/mol. The third-order valence-electron chi connectivity index (χ3n) is 1.33. The van der Waals surface area contributed by atoms with Crippen LogP contribution in [-0.4, -0.2) is 23.8 Å². The molecule has 0 radical (unpaired) electrons. The van der Waals surface area contributed by atoms with Gasteiger partial charge in [-0.2, -0.15) is 0 Å². The molecular formula is C5H12ClNO. The lowest BCUT2D eigenvalue weighted by atomic mass is 10.2.